The molecule has 158 valence electrons. The van der Waals surface area contributed by atoms with Crippen LogP contribution < -0.4 is 15.0 Å². The summed E-state index contributed by atoms with van der Waals surface area (Å²) in [7, 11) is -1.79. The summed E-state index contributed by atoms with van der Waals surface area (Å²) in [6.07, 6.45) is 6.57. The fourth-order valence-corrected chi connectivity index (χ4v) is 3.69. The van der Waals surface area contributed by atoms with Gasteiger partial charge in [-0.2, -0.15) is 5.10 Å². The molecule has 0 saturated heterocycles. The van der Waals surface area contributed by atoms with Crippen LogP contribution in [0.15, 0.2) is 46.3 Å². The number of pyridine rings is 1. The average Bonchev–Trinajstić information content (AvgIpc) is 3.44. The second kappa shape index (κ2) is 7.64. The standard InChI is InChI=1S/C21H23N3O5S/c1-13-20(10-22-23-13)29-19-8-15(11-24(2)21(19)25)17-9-16(30(3,26)27)6-7-18(17)28-12-14-4-5-14/h6-11,14H,4-5,12H2,1-3H3,(H,22,23). The fraction of sp³-hybridized carbons (Fsp3) is 0.333. The van der Waals surface area contributed by atoms with Gasteiger partial charge in [0.25, 0.3) is 5.56 Å². The van der Waals surface area contributed by atoms with Gasteiger partial charge in [-0.15, -0.1) is 0 Å². The van der Waals surface area contributed by atoms with Crippen molar-refractivity contribution >= 4 is 9.84 Å². The molecule has 30 heavy (non-hydrogen) atoms. The van der Waals surface area contributed by atoms with Crippen LogP contribution in [0.4, 0.5) is 0 Å². The minimum absolute atomic E-state index is 0.109. The topological polar surface area (TPSA) is 103 Å². The Morgan fingerprint density at radius 1 is 1.20 bits per heavy atom. The molecule has 3 aromatic rings. The van der Waals surface area contributed by atoms with Crippen molar-refractivity contribution in [3.05, 3.63) is 52.7 Å². The van der Waals surface area contributed by atoms with Gasteiger partial charge in [0.15, 0.2) is 21.3 Å². The molecule has 1 saturated carbocycles. The summed E-state index contributed by atoms with van der Waals surface area (Å²) in [5.74, 6) is 1.66. The van der Waals surface area contributed by atoms with E-state index in [4.69, 9.17) is 9.47 Å². The maximum atomic E-state index is 12.6. The molecule has 9 heteroatoms. The van der Waals surface area contributed by atoms with E-state index >= 15 is 0 Å². The molecule has 1 aromatic carbocycles. The van der Waals surface area contributed by atoms with Crippen molar-refractivity contribution in [2.75, 3.05) is 12.9 Å². The fourth-order valence-electron chi connectivity index (χ4n) is 3.05. The molecule has 2 aromatic heterocycles. The van der Waals surface area contributed by atoms with Gasteiger partial charge in [0.1, 0.15) is 5.75 Å². The van der Waals surface area contributed by atoms with Crippen molar-refractivity contribution < 1.29 is 17.9 Å². The molecule has 0 atom stereocenters. The van der Waals surface area contributed by atoms with Gasteiger partial charge >= 0.3 is 0 Å². The van der Waals surface area contributed by atoms with Gasteiger partial charge < -0.3 is 14.0 Å². The van der Waals surface area contributed by atoms with Crippen molar-refractivity contribution in [2.24, 2.45) is 13.0 Å². The first kappa shape index (κ1) is 20.2. The van der Waals surface area contributed by atoms with Crippen LogP contribution in [-0.2, 0) is 16.9 Å². The molecule has 4 rings (SSSR count). The van der Waals surface area contributed by atoms with Crippen LogP contribution in [0.1, 0.15) is 18.5 Å². The molecule has 1 fully saturated rings. The molecular weight excluding hydrogens is 406 g/mol. The number of nitrogens with zero attached hydrogens (tertiary/aromatic N) is 2. The van der Waals surface area contributed by atoms with Gasteiger partial charge in [0.05, 0.1) is 23.4 Å². The summed E-state index contributed by atoms with van der Waals surface area (Å²) >= 11 is 0. The van der Waals surface area contributed by atoms with Gasteiger partial charge in [-0.3, -0.25) is 9.89 Å². The Bertz CT molecular complexity index is 1260. The molecule has 1 aliphatic rings. The van der Waals surface area contributed by atoms with E-state index in [1.807, 2.05) is 0 Å². The van der Waals surface area contributed by atoms with E-state index in [1.54, 1.807) is 38.4 Å². The van der Waals surface area contributed by atoms with Crippen LogP contribution in [0.5, 0.6) is 17.2 Å². The summed E-state index contributed by atoms with van der Waals surface area (Å²) in [6, 6.07) is 6.37. The second-order valence-corrected chi connectivity index (χ2v) is 9.67. The quantitative estimate of drug-likeness (QED) is 0.619. The Labute approximate surface area is 174 Å². The summed E-state index contributed by atoms with van der Waals surface area (Å²) in [6.45, 7) is 2.37. The summed E-state index contributed by atoms with van der Waals surface area (Å²) in [5.41, 5.74) is 1.57. The molecule has 1 aliphatic carbocycles. The number of aryl methyl sites for hydroxylation is 2. The molecule has 0 radical (unpaired) electrons. The zero-order valence-electron chi connectivity index (χ0n) is 17.0. The summed E-state index contributed by atoms with van der Waals surface area (Å²) in [5, 5.41) is 6.67. The third-order valence-electron chi connectivity index (χ3n) is 5.02. The van der Waals surface area contributed by atoms with Crippen molar-refractivity contribution in [3.63, 3.8) is 0 Å². The number of hydrogen-bond donors (Lipinski definition) is 1. The highest BCUT2D eigenvalue weighted by atomic mass is 32.2. The SMILES string of the molecule is Cc1[nH]ncc1Oc1cc(-c2cc(S(C)(=O)=O)ccc2OCC2CC2)cn(C)c1=O. The number of benzene rings is 1. The largest absolute Gasteiger partial charge is 0.493 e. The number of ether oxygens (including phenoxy) is 2. The van der Waals surface area contributed by atoms with Gasteiger partial charge in [0, 0.05) is 30.6 Å². The Morgan fingerprint density at radius 3 is 2.60 bits per heavy atom. The first-order valence-electron chi connectivity index (χ1n) is 9.58. The van der Waals surface area contributed by atoms with Gasteiger partial charge in [-0.05, 0) is 49.9 Å². The molecule has 0 bridgehead atoms. The molecule has 0 unspecified atom stereocenters. The first-order chi connectivity index (χ1) is 14.2. The molecule has 0 spiro atoms. The molecule has 0 aliphatic heterocycles. The van der Waals surface area contributed by atoms with E-state index in [2.05, 4.69) is 10.2 Å². The van der Waals surface area contributed by atoms with Crippen LogP contribution >= 0.6 is 0 Å². The number of H-pyrrole nitrogens is 1. The Kier molecular flexibility index (Phi) is 5.15. The summed E-state index contributed by atoms with van der Waals surface area (Å²) in [4.78, 5) is 12.8. The van der Waals surface area contributed by atoms with E-state index in [1.165, 1.54) is 16.8 Å². The van der Waals surface area contributed by atoms with Crippen LogP contribution in [0.3, 0.4) is 0 Å². The van der Waals surface area contributed by atoms with E-state index in [0.29, 0.717) is 40.8 Å². The first-order valence-corrected chi connectivity index (χ1v) is 11.5. The van der Waals surface area contributed by atoms with Crippen LogP contribution in [0, 0.1) is 12.8 Å². The third kappa shape index (κ3) is 4.25. The lowest BCUT2D eigenvalue weighted by Gasteiger charge is -2.15. The molecular formula is C21H23N3O5S. The van der Waals surface area contributed by atoms with Crippen LogP contribution in [-0.4, -0.2) is 36.0 Å². The number of hydrogen-bond acceptors (Lipinski definition) is 6. The minimum atomic E-state index is -3.41. The maximum absolute atomic E-state index is 12.6. The highest BCUT2D eigenvalue weighted by molar-refractivity contribution is 7.90. The zero-order chi connectivity index (χ0) is 21.5. The zero-order valence-corrected chi connectivity index (χ0v) is 17.8. The van der Waals surface area contributed by atoms with E-state index in [-0.39, 0.29) is 16.2 Å². The Balaban J connectivity index is 1.81. The Morgan fingerprint density at radius 2 is 1.97 bits per heavy atom. The highest BCUT2D eigenvalue weighted by Gasteiger charge is 2.23. The second-order valence-electron chi connectivity index (χ2n) is 7.65. The van der Waals surface area contributed by atoms with Crippen molar-refractivity contribution in [2.45, 2.75) is 24.7 Å². The number of aromatic amines is 1. The Hall–Kier alpha value is -3.07. The van der Waals surface area contributed by atoms with Crippen LogP contribution in [0.25, 0.3) is 11.1 Å². The van der Waals surface area contributed by atoms with Crippen LogP contribution in [0.2, 0.25) is 0 Å². The number of sulfone groups is 1. The number of aromatic nitrogens is 3. The van der Waals surface area contributed by atoms with Gasteiger partial charge in [0.2, 0.25) is 0 Å². The predicted molar refractivity (Wildman–Crippen MR) is 112 cm³/mol. The van der Waals surface area contributed by atoms with Crippen molar-refractivity contribution in [3.8, 4) is 28.4 Å². The normalized spacial score (nSPS) is 14.0. The number of rotatable bonds is 7. The van der Waals surface area contributed by atoms with E-state index in [9.17, 15) is 13.2 Å². The lowest BCUT2D eigenvalue weighted by atomic mass is 10.1. The monoisotopic (exact) mass is 429 g/mol. The lowest BCUT2D eigenvalue weighted by molar-refractivity contribution is 0.301. The van der Waals surface area contributed by atoms with Crippen molar-refractivity contribution in [1.82, 2.24) is 14.8 Å². The number of nitrogens with one attached hydrogen (secondary N) is 1. The minimum Gasteiger partial charge on any atom is -0.493 e. The van der Waals surface area contributed by atoms with E-state index in [0.717, 1.165) is 19.1 Å². The third-order valence-corrected chi connectivity index (χ3v) is 6.13. The smallest absolute Gasteiger partial charge is 0.293 e. The van der Waals surface area contributed by atoms with Gasteiger partial charge in [-0.25, -0.2) is 8.42 Å². The average molecular weight is 429 g/mol. The lowest BCUT2D eigenvalue weighted by Crippen LogP contribution is -2.17. The molecule has 0 amide bonds. The predicted octanol–water partition coefficient (Wildman–Crippen LogP) is 3.07. The van der Waals surface area contributed by atoms with Gasteiger partial charge in [-0.1, -0.05) is 0 Å². The summed E-state index contributed by atoms with van der Waals surface area (Å²) < 4.78 is 37.4. The van der Waals surface area contributed by atoms with Crippen molar-refractivity contribution in [1.29, 1.82) is 0 Å². The molecule has 1 N–H and O–H groups in total. The molecule has 8 nitrogen and oxygen atoms in total. The maximum Gasteiger partial charge on any atom is 0.293 e. The van der Waals surface area contributed by atoms with E-state index < -0.39 is 9.84 Å². The highest BCUT2D eigenvalue weighted by Crippen LogP contribution is 2.36. The molecule has 2 heterocycles.